The molecule has 0 saturated heterocycles. The summed E-state index contributed by atoms with van der Waals surface area (Å²) in [4.78, 5) is 12.5. The molecule has 3 aromatic rings. The SMILES string of the molecule is Cc1ccc(CNc2nc(N)nc(-c3cccnc3)c2C#N)cc1C. The number of aryl methyl sites for hydroxylation is 2. The molecule has 0 saturated carbocycles. The van der Waals surface area contributed by atoms with Gasteiger partial charge in [-0.1, -0.05) is 18.2 Å². The van der Waals surface area contributed by atoms with Crippen molar-refractivity contribution in [1.29, 1.82) is 5.26 Å². The van der Waals surface area contributed by atoms with Crippen molar-refractivity contribution in [2.24, 2.45) is 0 Å². The van der Waals surface area contributed by atoms with Crippen molar-refractivity contribution in [3.8, 4) is 17.3 Å². The van der Waals surface area contributed by atoms with E-state index in [4.69, 9.17) is 5.73 Å². The first-order valence-electron chi connectivity index (χ1n) is 7.86. The van der Waals surface area contributed by atoms with Crippen molar-refractivity contribution in [2.75, 3.05) is 11.1 Å². The molecule has 124 valence electrons. The van der Waals surface area contributed by atoms with Gasteiger partial charge < -0.3 is 11.1 Å². The number of nitriles is 1. The van der Waals surface area contributed by atoms with Crippen LogP contribution in [0.25, 0.3) is 11.3 Å². The van der Waals surface area contributed by atoms with Gasteiger partial charge in [0.2, 0.25) is 5.95 Å². The molecule has 0 amide bonds. The highest BCUT2D eigenvalue weighted by molar-refractivity contribution is 5.73. The van der Waals surface area contributed by atoms with Crippen LogP contribution in [0.1, 0.15) is 22.3 Å². The van der Waals surface area contributed by atoms with E-state index in [0.29, 0.717) is 23.6 Å². The second kappa shape index (κ2) is 6.97. The van der Waals surface area contributed by atoms with Gasteiger partial charge in [0.15, 0.2) is 5.82 Å². The van der Waals surface area contributed by atoms with E-state index in [2.05, 4.69) is 52.3 Å². The van der Waals surface area contributed by atoms with Crippen molar-refractivity contribution in [3.63, 3.8) is 0 Å². The van der Waals surface area contributed by atoms with Crippen LogP contribution in [-0.2, 0) is 6.54 Å². The molecular formula is C19H18N6. The van der Waals surface area contributed by atoms with E-state index in [1.165, 1.54) is 11.1 Å². The van der Waals surface area contributed by atoms with Gasteiger partial charge in [-0.2, -0.15) is 10.2 Å². The molecule has 0 atom stereocenters. The van der Waals surface area contributed by atoms with Crippen LogP contribution in [-0.4, -0.2) is 15.0 Å². The van der Waals surface area contributed by atoms with Crippen LogP contribution in [0.2, 0.25) is 0 Å². The van der Waals surface area contributed by atoms with E-state index >= 15 is 0 Å². The van der Waals surface area contributed by atoms with Gasteiger partial charge in [0.05, 0.1) is 5.69 Å². The molecule has 0 spiro atoms. The van der Waals surface area contributed by atoms with Crippen LogP contribution >= 0.6 is 0 Å². The van der Waals surface area contributed by atoms with Gasteiger partial charge in [-0.3, -0.25) is 4.98 Å². The molecule has 0 fully saturated rings. The van der Waals surface area contributed by atoms with E-state index in [1.54, 1.807) is 18.5 Å². The van der Waals surface area contributed by atoms with Gasteiger partial charge in [-0.15, -0.1) is 0 Å². The Bertz CT molecular complexity index is 944. The van der Waals surface area contributed by atoms with E-state index < -0.39 is 0 Å². The molecule has 0 aliphatic rings. The molecule has 0 unspecified atom stereocenters. The number of nitrogens with zero attached hydrogens (tertiary/aromatic N) is 4. The van der Waals surface area contributed by atoms with Crippen LogP contribution in [0.5, 0.6) is 0 Å². The Kier molecular flexibility index (Phi) is 4.57. The van der Waals surface area contributed by atoms with Crippen LogP contribution in [0.3, 0.4) is 0 Å². The average Bonchev–Trinajstić information content (AvgIpc) is 2.63. The first-order chi connectivity index (χ1) is 12.1. The number of pyridine rings is 1. The Labute approximate surface area is 146 Å². The zero-order chi connectivity index (χ0) is 17.8. The number of aromatic nitrogens is 3. The number of anilines is 2. The first kappa shape index (κ1) is 16.4. The lowest BCUT2D eigenvalue weighted by molar-refractivity contribution is 1.08. The van der Waals surface area contributed by atoms with E-state index in [0.717, 1.165) is 11.1 Å². The molecule has 3 N–H and O–H groups in total. The summed E-state index contributed by atoms with van der Waals surface area (Å²) in [6.45, 7) is 4.69. The minimum absolute atomic E-state index is 0.112. The maximum absolute atomic E-state index is 9.60. The molecule has 0 aliphatic carbocycles. The lowest BCUT2D eigenvalue weighted by Crippen LogP contribution is -2.09. The number of hydrogen-bond acceptors (Lipinski definition) is 6. The summed E-state index contributed by atoms with van der Waals surface area (Å²) < 4.78 is 0. The van der Waals surface area contributed by atoms with Gasteiger partial charge in [-0.05, 0) is 42.7 Å². The fraction of sp³-hybridized carbons (Fsp3) is 0.158. The predicted octanol–water partition coefficient (Wildman–Crippen LogP) is 3.22. The standard InChI is InChI=1S/C19H18N6/c1-12-5-6-14(8-13(12)2)10-23-18-16(9-20)17(24-19(21)25-18)15-4-3-7-22-11-15/h3-8,11H,10H2,1-2H3,(H3,21,23,24,25). The highest BCUT2D eigenvalue weighted by atomic mass is 15.1. The molecule has 3 rings (SSSR count). The second-order valence-electron chi connectivity index (χ2n) is 5.78. The lowest BCUT2D eigenvalue weighted by atomic mass is 10.1. The summed E-state index contributed by atoms with van der Waals surface area (Å²) in [6.07, 6.45) is 3.31. The molecule has 0 bridgehead atoms. The van der Waals surface area contributed by atoms with E-state index in [1.807, 2.05) is 12.1 Å². The van der Waals surface area contributed by atoms with Crippen molar-refractivity contribution >= 4 is 11.8 Å². The summed E-state index contributed by atoms with van der Waals surface area (Å²) >= 11 is 0. The third kappa shape index (κ3) is 3.56. The van der Waals surface area contributed by atoms with E-state index in [9.17, 15) is 5.26 Å². The molecule has 2 aromatic heterocycles. The van der Waals surface area contributed by atoms with Crippen molar-refractivity contribution in [1.82, 2.24) is 15.0 Å². The minimum Gasteiger partial charge on any atom is -0.368 e. The fourth-order valence-corrected chi connectivity index (χ4v) is 2.52. The fourth-order valence-electron chi connectivity index (χ4n) is 2.52. The third-order valence-corrected chi connectivity index (χ3v) is 4.00. The molecule has 1 aromatic carbocycles. The van der Waals surface area contributed by atoms with Gasteiger partial charge in [-0.25, -0.2) is 4.98 Å². The van der Waals surface area contributed by atoms with Crippen LogP contribution in [0.4, 0.5) is 11.8 Å². The van der Waals surface area contributed by atoms with Gasteiger partial charge in [0.1, 0.15) is 11.6 Å². The Balaban J connectivity index is 1.95. The molecule has 0 radical (unpaired) electrons. The topological polar surface area (TPSA) is 101 Å². The second-order valence-corrected chi connectivity index (χ2v) is 5.78. The largest absolute Gasteiger partial charge is 0.368 e. The summed E-state index contributed by atoms with van der Waals surface area (Å²) in [5, 5.41) is 12.8. The first-order valence-corrected chi connectivity index (χ1v) is 7.86. The van der Waals surface area contributed by atoms with Gasteiger partial charge in [0, 0.05) is 24.5 Å². The van der Waals surface area contributed by atoms with Crippen LogP contribution in [0.15, 0.2) is 42.7 Å². The zero-order valence-corrected chi connectivity index (χ0v) is 14.1. The number of rotatable bonds is 4. The summed E-state index contributed by atoms with van der Waals surface area (Å²) in [5.74, 6) is 0.535. The smallest absolute Gasteiger partial charge is 0.222 e. The average molecular weight is 330 g/mol. The Morgan fingerprint density at radius 3 is 2.68 bits per heavy atom. The van der Waals surface area contributed by atoms with Crippen molar-refractivity contribution in [2.45, 2.75) is 20.4 Å². The molecule has 6 heteroatoms. The molecular weight excluding hydrogens is 312 g/mol. The Morgan fingerprint density at radius 1 is 1.16 bits per heavy atom. The molecule has 0 aliphatic heterocycles. The molecule has 25 heavy (non-hydrogen) atoms. The van der Waals surface area contributed by atoms with Gasteiger partial charge >= 0.3 is 0 Å². The van der Waals surface area contributed by atoms with Crippen LogP contribution in [0, 0.1) is 25.2 Å². The zero-order valence-electron chi connectivity index (χ0n) is 14.1. The maximum Gasteiger partial charge on any atom is 0.222 e. The normalized spacial score (nSPS) is 10.3. The number of nitrogen functional groups attached to an aromatic ring is 1. The highest BCUT2D eigenvalue weighted by Crippen LogP contribution is 2.26. The van der Waals surface area contributed by atoms with Crippen molar-refractivity contribution < 1.29 is 0 Å². The Hall–Kier alpha value is -3.46. The lowest BCUT2D eigenvalue weighted by Gasteiger charge is -2.12. The Morgan fingerprint density at radius 2 is 2.00 bits per heavy atom. The number of hydrogen-bond donors (Lipinski definition) is 2. The number of benzene rings is 1. The quantitative estimate of drug-likeness (QED) is 0.762. The monoisotopic (exact) mass is 330 g/mol. The van der Waals surface area contributed by atoms with Crippen LogP contribution < -0.4 is 11.1 Å². The summed E-state index contributed by atoms with van der Waals surface area (Å²) in [7, 11) is 0. The van der Waals surface area contributed by atoms with Gasteiger partial charge in [0.25, 0.3) is 0 Å². The molecule has 6 nitrogen and oxygen atoms in total. The minimum atomic E-state index is 0.112. The van der Waals surface area contributed by atoms with Crippen molar-refractivity contribution in [3.05, 3.63) is 65.0 Å². The third-order valence-electron chi connectivity index (χ3n) is 4.00. The predicted molar refractivity (Wildman–Crippen MR) is 97.6 cm³/mol. The maximum atomic E-state index is 9.60. The van der Waals surface area contributed by atoms with E-state index in [-0.39, 0.29) is 5.95 Å². The number of nitrogens with one attached hydrogen (secondary N) is 1. The molecule has 2 heterocycles. The summed E-state index contributed by atoms with van der Waals surface area (Å²) in [6, 6.07) is 12.0. The highest BCUT2D eigenvalue weighted by Gasteiger charge is 2.15. The number of nitrogens with two attached hydrogens (primary N) is 1. The summed E-state index contributed by atoms with van der Waals surface area (Å²) in [5.41, 5.74) is 11.0.